The maximum Gasteiger partial charge on any atom is 0.0897 e. The van der Waals surface area contributed by atoms with Gasteiger partial charge >= 0.3 is 0 Å². The minimum atomic E-state index is -0.810. The SMILES string of the molecule is Cc1ncc(C[S@@](=O)C[C@H]2CCCCO2)s1. The van der Waals surface area contributed by atoms with Crippen molar-refractivity contribution in [3.8, 4) is 0 Å². The third kappa shape index (κ3) is 3.64. The van der Waals surface area contributed by atoms with Crippen LogP contribution in [0.2, 0.25) is 0 Å². The van der Waals surface area contributed by atoms with E-state index in [0.29, 0.717) is 11.5 Å². The third-order valence-corrected chi connectivity index (χ3v) is 5.09. The lowest BCUT2D eigenvalue weighted by atomic mass is 10.1. The third-order valence-electron chi connectivity index (χ3n) is 2.62. The number of rotatable bonds is 4. The molecule has 5 heteroatoms. The molecule has 2 rings (SSSR count). The van der Waals surface area contributed by atoms with Gasteiger partial charge in [0.05, 0.1) is 22.6 Å². The summed E-state index contributed by atoms with van der Waals surface area (Å²) >= 11 is 1.63. The molecule has 0 N–H and O–H groups in total. The Morgan fingerprint density at radius 3 is 3.12 bits per heavy atom. The fourth-order valence-corrected chi connectivity index (χ4v) is 4.24. The summed E-state index contributed by atoms with van der Waals surface area (Å²) in [6, 6.07) is 0. The van der Waals surface area contributed by atoms with E-state index < -0.39 is 10.8 Å². The fraction of sp³-hybridized carbons (Fsp3) is 0.727. The second kappa shape index (κ2) is 5.89. The molecule has 0 saturated carbocycles. The van der Waals surface area contributed by atoms with Crippen LogP contribution >= 0.6 is 11.3 Å². The first-order valence-corrected chi connectivity index (χ1v) is 7.92. The summed E-state index contributed by atoms with van der Waals surface area (Å²) in [7, 11) is -0.810. The smallest absolute Gasteiger partial charge is 0.0897 e. The van der Waals surface area contributed by atoms with E-state index in [4.69, 9.17) is 4.74 Å². The molecule has 0 unspecified atom stereocenters. The Balaban J connectivity index is 1.79. The first-order valence-electron chi connectivity index (χ1n) is 5.62. The molecule has 0 aromatic carbocycles. The Kier molecular flexibility index (Phi) is 4.49. The summed E-state index contributed by atoms with van der Waals surface area (Å²) in [5.74, 6) is 1.31. The van der Waals surface area contributed by atoms with Crippen LogP contribution in [-0.4, -0.2) is 27.7 Å². The second-order valence-corrected chi connectivity index (χ2v) is 6.91. The lowest BCUT2D eigenvalue weighted by Gasteiger charge is -2.21. The largest absolute Gasteiger partial charge is 0.377 e. The fourth-order valence-electron chi connectivity index (χ4n) is 1.84. The molecule has 0 bridgehead atoms. The summed E-state index contributed by atoms with van der Waals surface area (Å²) in [4.78, 5) is 5.29. The molecule has 1 fully saturated rings. The molecule has 1 aromatic rings. The average Bonchev–Trinajstić information content (AvgIpc) is 2.65. The quantitative estimate of drug-likeness (QED) is 0.832. The molecule has 3 nitrogen and oxygen atoms in total. The van der Waals surface area contributed by atoms with Crippen LogP contribution in [0.3, 0.4) is 0 Å². The van der Waals surface area contributed by atoms with Gasteiger partial charge in [0.15, 0.2) is 0 Å². The van der Waals surface area contributed by atoms with E-state index in [9.17, 15) is 4.21 Å². The van der Waals surface area contributed by atoms with Gasteiger partial charge in [0.1, 0.15) is 0 Å². The summed E-state index contributed by atoms with van der Waals surface area (Å²) in [6.07, 6.45) is 5.47. The van der Waals surface area contributed by atoms with Gasteiger partial charge in [0.25, 0.3) is 0 Å². The van der Waals surface area contributed by atoms with E-state index in [0.717, 1.165) is 29.3 Å². The van der Waals surface area contributed by atoms with Crippen LogP contribution in [-0.2, 0) is 21.3 Å². The Morgan fingerprint density at radius 1 is 1.62 bits per heavy atom. The molecule has 16 heavy (non-hydrogen) atoms. The zero-order valence-electron chi connectivity index (χ0n) is 9.48. The summed E-state index contributed by atoms with van der Waals surface area (Å²) in [5, 5.41) is 1.04. The first-order chi connectivity index (χ1) is 7.74. The standard InChI is InChI=1S/C11H17NO2S2/c1-9-12-6-11(15-9)8-16(13)7-10-4-2-3-5-14-10/h6,10H,2-5,7-8H2,1H3/t10-,16+/m1/s1. The maximum absolute atomic E-state index is 11.9. The average molecular weight is 259 g/mol. The van der Waals surface area contributed by atoms with Crippen molar-refractivity contribution in [1.82, 2.24) is 4.98 Å². The number of thiazole rings is 1. The first kappa shape index (κ1) is 12.2. The van der Waals surface area contributed by atoms with Crippen LogP contribution < -0.4 is 0 Å². The molecule has 2 heterocycles. The van der Waals surface area contributed by atoms with Crippen LogP contribution in [0.4, 0.5) is 0 Å². The van der Waals surface area contributed by atoms with Gasteiger partial charge < -0.3 is 4.74 Å². The van der Waals surface area contributed by atoms with Crippen LogP contribution in [0.15, 0.2) is 6.20 Å². The maximum atomic E-state index is 11.9. The summed E-state index contributed by atoms with van der Waals surface area (Å²) < 4.78 is 17.5. The van der Waals surface area contributed by atoms with E-state index in [1.165, 1.54) is 6.42 Å². The molecular formula is C11H17NO2S2. The lowest BCUT2D eigenvalue weighted by molar-refractivity contribution is 0.0310. The van der Waals surface area contributed by atoms with Gasteiger partial charge in [-0.2, -0.15) is 0 Å². The summed E-state index contributed by atoms with van der Waals surface area (Å²) in [6.45, 7) is 2.81. The van der Waals surface area contributed by atoms with Crippen molar-refractivity contribution in [3.63, 3.8) is 0 Å². The van der Waals surface area contributed by atoms with Gasteiger partial charge in [0, 0.05) is 28.5 Å². The van der Waals surface area contributed by atoms with E-state index in [1.54, 1.807) is 11.3 Å². The Labute approximate surface area is 103 Å². The normalized spacial score (nSPS) is 23.2. The van der Waals surface area contributed by atoms with Crippen LogP contribution in [0.25, 0.3) is 0 Å². The molecule has 90 valence electrons. The van der Waals surface area contributed by atoms with E-state index in [2.05, 4.69) is 4.98 Å². The molecule has 1 aromatic heterocycles. The van der Waals surface area contributed by atoms with Gasteiger partial charge in [-0.15, -0.1) is 11.3 Å². The Morgan fingerprint density at radius 2 is 2.50 bits per heavy atom. The van der Waals surface area contributed by atoms with Gasteiger partial charge in [-0.25, -0.2) is 4.98 Å². The summed E-state index contributed by atoms with van der Waals surface area (Å²) in [5.41, 5.74) is 0. The minimum Gasteiger partial charge on any atom is -0.377 e. The van der Waals surface area contributed by atoms with Crippen LogP contribution in [0, 0.1) is 6.92 Å². The van der Waals surface area contributed by atoms with Crippen molar-refractivity contribution in [3.05, 3.63) is 16.1 Å². The second-order valence-electron chi connectivity index (χ2n) is 4.09. The van der Waals surface area contributed by atoms with Crippen molar-refractivity contribution in [2.75, 3.05) is 12.4 Å². The Bertz CT molecular complexity index is 359. The van der Waals surface area contributed by atoms with Crippen molar-refractivity contribution >= 4 is 22.1 Å². The van der Waals surface area contributed by atoms with E-state index in [-0.39, 0.29) is 6.10 Å². The molecular weight excluding hydrogens is 242 g/mol. The highest BCUT2D eigenvalue weighted by Crippen LogP contribution is 2.17. The number of hydrogen-bond acceptors (Lipinski definition) is 4. The number of aryl methyl sites for hydroxylation is 1. The van der Waals surface area contributed by atoms with E-state index >= 15 is 0 Å². The van der Waals surface area contributed by atoms with Crippen LogP contribution in [0.5, 0.6) is 0 Å². The molecule has 0 aliphatic carbocycles. The van der Waals surface area contributed by atoms with Crippen molar-refractivity contribution < 1.29 is 8.95 Å². The topological polar surface area (TPSA) is 39.2 Å². The van der Waals surface area contributed by atoms with Gasteiger partial charge in [-0.1, -0.05) is 0 Å². The van der Waals surface area contributed by atoms with Crippen LogP contribution in [0.1, 0.15) is 29.1 Å². The highest BCUT2D eigenvalue weighted by atomic mass is 32.2. The molecule has 0 radical (unpaired) electrons. The minimum absolute atomic E-state index is 0.212. The highest BCUT2D eigenvalue weighted by Gasteiger charge is 2.17. The predicted molar refractivity (Wildman–Crippen MR) is 67.2 cm³/mol. The highest BCUT2D eigenvalue weighted by molar-refractivity contribution is 7.84. The molecule has 1 saturated heterocycles. The molecule has 1 aliphatic rings. The number of hydrogen-bond donors (Lipinski definition) is 0. The molecule has 1 aliphatic heterocycles. The number of aromatic nitrogens is 1. The van der Waals surface area contributed by atoms with Crippen molar-refractivity contribution in [2.45, 2.75) is 38.0 Å². The van der Waals surface area contributed by atoms with Gasteiger partial charge in [-0.05, 0) is 26.2 Å². The molecule has 0 amide bonds. The van der Waals surface area contributed by atoms with Gasteiger partial charge in [-0.3, -0.25) is 4.21 Å². The number of nitrogens with zero attached hydrogens (tertiary/aromatic N) is 1. The molecule has 2 atom stereocenters. The van der Waals surface area contributed by atoms with E-state index in [1.807, 2.05) is 13.1 Å². The zero-order chi connectivity index (χ0) is 11.4. The Hall–Kier alpha value is -0.260. The van der Waals surface area contributed by atoms with Crippen molar-refractivity contribution in [1.29, 1.82) is 0 Å². The van der Waals surface area contributed by atoms with Gasteiger partial charge in [0.2, 0.25) is 0 Å². The lowest BCUT2D eigenvalue weighted by Crippen LogP contribution is -2.25. The van der Waals surface area contributed by atoms with Crippen molar-refractivity contribution in [2.24, 2.45) is 0 Å². The molecule has 0 spiro atoms. The number of ether oxygens (including phenoxy) is 1. The predicted octanol–water partition coefficient (Wildman–Crippen LogP) is 2.27. The monoisotopic (exact) mass is 259 g/mol. The zero-order valence-corrected chi connectivity index (χ0v) is 11.1.